The number of anilines is 1. The third kappa shape index (κ3) is 3.57. The van der Waals surface area contributed by atoms with Crippen molar-refractivity contribution < 1.29 is 8.42 Å². The van der Waals surface area contributed by atoms with Gasteiger partial charge < -0.3 is 0 Å². The van der Waals surface area contributed by atoms with Gasteiger partial charge in [0.15, 0.2) is 5.82 Å². The number of aromatic nitrogens is 5. The van der Waals surface area contributed by atoms with Gasteiger partial charge in [0.25, 0.3) is 10.0 Å². The maximum atomic E-state index is 13.0. The van der Waals surface area contributed by atoms with E-state index in [-0.39, 0.29) is 10.9 Å². The highest BCUT2D eigenvalue weighted by molar-refractivity contribution is 7.92. The first-order valence-electron chi connectivity index (χ1n) is 10.1. The van der Waals surface area contributed by atoms with Gasteiger partial charge in [0.05, 0.1) is 29.8 Å². The zero-order valence-electron chi connectivity index (χ0n) is 17.3. The lowest BCUT2D eigenvalue weighted by atomic mass is 10.0. The number of nitrogens with one attached hydrogen (secondary N) is 1. The molecule has 1 saturated heterocycles. The minimum atomic E-state index is -3.83. The fraction of sp³-hybridized carbons (Fsp3) is 0.286. The number of para-hydroxylation sites is 1. The van der Waals surface area contributed by atoms with Crippen molar-refractivity contribution in [2.75, 3.05) is 17.8 Å². The Hall–Kier alpha value is -3.24. The van der Waals surface area contributed by atoms with E-state index < -0.39 is 10.0 Å². The van der Waals surface area contributed by atoms with Crippen molar-refractivity contribution in [2.24, 2.45) is 7.05 Å². The summed E-state index contributed by atoms with van der Waals surface area (Å²) in [4.78, 5) is 6.83. The summed E-state index contributed by atoms with van der Waals surface area (Å²) >= 11 is 0. The third-order valence-corrected chi connectivity index (χ3v) is 7.12. The molecule has 1 aliphatic rings. The second-order valence-electron chi connectivity index (χ2n) is 7.75. The maximum Gasteiger partial charge on any atom is 0.265 e. The summed E-state index contributed by atoms with van der Waals surface area (Å²) in [5, 5.41) is 9.31. The maximum absolute atomic E-state index is 13.0. The molecule has 0 unspecified atom stereocenters. The number of nitrogens with zero attached hydrogens (tertiary/aromatic N) is 6. The van der Waals surface area contributed by atoms with Gasteiger partial charge in [0, 0.05) is 24.7 Å². The fourth-order valence-electron chi connectivity index (χ4n) is 3.85. The average Bonchev–Trinajstić information content (AvgIpc) is 3.35. The molecule has 1 atom stereocenters. The highest BCUT2D eigenvalue weighted by atomic mass is 32.2. The first-order chi connectivity index (χ1) is 14.9. The first-order valence-corrected chi connectivity index (χ1v) is 11.6. The van der Waals surface area contributed by atoms with Crippen LogP contribution in [0.5, 0.6) is 0 Å². The number of fused-ring (bicyclic) bond motifs is 1. The molecule has 0 radical (unpaired) electrons. The van der Waals surface area contributed by atoms with E-state index in [1.807, 2.05) is 18.2 Å². The quantitative estimate of drug-likeness (QED) is 0.498. The fourth-order valence-corrected chi connectivity index (χ4v) is 4.84. The molecule has 0 aliphatic carbocycles. The number of likely N-dealkylation sites (tertiary alicyclic amines) is 1. The molecule has 10 heteroatoms. The van der Waals surface area contributed by atoms with Crippen molar-refractivity contribution in [2.45, 2.75) is 24.3 Å². The molecule has 0 bridgehead atoms. The SMILES string of the molecule is C[C@H](c1ccnc(-n2cc(S(=O)(=O)Nc3cccc4cnn(C)c34)cn2)c1)N1CCC1. The molecule has 5 rings (SSSR count). The van der Waals surface area contributed by atoms with Crippen molar-refractivity contribution in [1.29, 1.82) is 0 Å². The Morgan fingerprint density at radius 2 is 1.97 bits per heavy atom. The van der Waals surface area contributed by atoms with Gasteiger partial charge in [-0.2, -0.15) is 10.2 Å². The van der Waals surface area contributed by atoms with Gasteiger partial charge in [-0.3, -0.25) is 14.3 Å². The van der Waals surface area contributed by atoms with Crippen LogP contribution in [0.3, 0.4) is 0 Å². The van der Waals surface area contributed by atoms with E-state index in [1.54, 1.807) is 36.3 Å². The number of rotatable bonds is 6. The molecule has 0 amide bonds. The van der Waals surface area contributed by atoms with E-state index in [9.17, 15) is 8.42 Å². The molecule has 1 fully saturated rings. The summed E-state index contributed by atoms with van der Waals surface area (Å²) in [6, 6.07) is 9.63. The van der Waals surface area contributed by atoms with E-state index in [4.69, 9.17) is 0 Å². The highest BCUT2D eigenvalue weighted by Crippen LogP contribution is 2.27. The Labute approximate surface area is 180 Å². The van der Waals surface area contributed by atoms with Gasteiger partial charge in [0.1, 0.15) is 4.90 Å². The van der Waals surface area contributed by atoms with Crippen LogP contribution in [0.4, 0.5) is 5.69 Å². The zero-order chi connectivity index (χ0) is 21.6. The summed E-state index contributed by atoms with van der Waals surface area (Å²) in [5.41, 5.74) is 2.31. The van der Waals surface area contributed by atoms with Crippen molar-refractivity contribution in [3.05, 3.63) is 60.7 Å². The van der Waals surface area contributed by atoms with Crippen LogP contribution in [-0.2, 0) is 17.1 Å². The van der Waals surface area contributed by atoms with Crippen LogP contribution in [0.25, 0.3) is 16.7 Å². The molecule has 4 heterocycles. The topological polar surface area (TPSA) is 97.9 Å². The lowest BCUT2D eigenvalue weighted by Crippen LogP contribution is -2.39. The highest BCUT2D eigenvalue weighted by Gasteiger charge is 2.23. The number of hydrogen-bond donors (Lipinski definition) is 1. The van der Waals surface area contributed by atoms with E-state index in [1.165, 1.54) is 23.5 Å². The predicted octanol–water partition coefficient (Wildman–Crippen LogP) is 2.72. The van der Waals surface area contributed by atoms with E-state index in [0.717, 1.165) is 24.0 Å². The summed E-state index contributed by atoms with van der Waals surface area (Å²) in [7, 11) is -2.06. The molecule has 160 valence electrons. The number of aryl methyl sites for hydroxylation is 1. The van der Waals surface area contributed by atoms with Crippen LogP contribution < -0.4 is 4.72 Å². The van der Waals surface area contributed by atoms with Crippen molar-refractivity contribution in [3.63, 3.8) is 0 Å². The Morgan fingerprint density at radius 3 is 2.74 bits per heavy atom. The van der Waals surface area contributed by atoms with E-state index >= 15 is 0 Å². The lowest BCUT2D eigenvalue weighted by Gasteiger charge is -2.36. The number of pyridine rings is 1. The monoisotopic (exact) mass is 437 g/mol. The lowest BCUT2D eigenvalue weighted by molar-refractivity contribution is 0.128. The molecule has 1 aliphatic heterocycles. The smallest absolute Gasteiger partial charge is 0.265 e. The summed E-state index contributed by atoms with van der Waals surface area (Å²) < 4.78 is 31.8. The van der Waals surface area contributed by atoms with Crippen LogP contribution >= 0.6 is 0 Å². The van der Waals surface area contributed by atoms with Gasteiger partial charge in [0.2, 0.25) is 0 Å². The largest absolute Gasteiger partial charge is 0.297 e. The molecule has 9 nitrogen and oxygen atoms in total. The molecular weight excluding hydrogens is 414 g/mol. The molecule has 1 N–H and O–H groups in total. The second kappa shape index (κ2) is 7.47. The number of sulfonamides is 1. The summed E-state index contributed by atoms with van der Waals surface area (Å²) in [6.45, 7) is 4.36. The molecule has 3 aromatic heterocycles. The van der Waals surface area contributed by atoms with Gasteiger partial charge in [-0.05, 0) is 50.2 Å². The molecule has 4 aromatic rings. The van der Waals surface area contributed by atoms with Crippen molar-refractivity contribution >= 4 is 26.6 Å². The van der Waals surface area contributed by atoms with Gasteiger partial charge in [-0.15, -0.1) is 0 Å². The van der Waals surface area contributed by atoms with Crippen LogP contribution in [0.1, 0.15) is 24.9 Å². The Balaban J connectivity index is 1.43. The molecular formula is C21H23N7O2S. The first kappa shape index (κ1) is 19.7. The van der Waals surface area contributed by atoms with Crippen molar-refractivity contribution in [3.8, 4) is 5.82 Å². The number of hydrogen-bond acceptors (Lipinski definition) is 6. The normalized spacial score (nSPS) is 15.7. The average molecular weight is 438 g/mol. The van der Waals surface area contributed by atoms with E-state index in [0.29, 0.717) is 17.0 Å². The minimum Gasteiger partial charge on any atom is -0.297 e. The zero-order valence-corrected chi connectivity index (χ0v) is 18.1. The summed E-state index contributed by atoms with van der Waals surface area (Å²) in [6.07, 6.45) is 7.47. The van der Waals surface area contributed by atoms with Gasteiger partial charge in [-0.1, -0.05) is 12.1 Å². The van der Waals surface area contributed by atoms with Crippen LogP contribution in [-0.4, -0.2) is 51.0 Å². The Morgan fingerprint density at radius 1 is 1.13 bits per heavy atom. The van der Waals surface area contributed by atoms with Crippen LogP contribution in [0.2, 0.25) is 0 Å². The third-order valence-electron chi connectivity index (χ3n) is 5.80. The number of benzene rings is 1. The Bertz CT molecular complexity index is 1360. The minimum absolute atomic E-state index is 0.0645. The Kier molecular flexibility index (Phi) is 4.75. The standard InChI is InChI=1S/C21H23N7O2S/c1-15(27-9-4-10-27)16-7-8-22-20(11-16)28-14-18(13-24-28)31(29,30)25-19-6-3-5-17-12-23-26(2)21(17)19/h3,5-8,11-15,25H,4,9-10H2,1-2H3/t15-/m1/s1. The van der Waals surface area contributed by atoms with Gasteiger partial charge >= 0.3 is 0 Å². The van der Waals surface area contributed by atoms with Gasteiger partial charge in [-0.25, -0.2) is 18.1 Å². The van der Waals surface area contributed by atoms with Crippen molar-refractivity contribution in [1.82, 2.24) is 29.4 Å². The molecule has 0 saturated carbocycles. The summed E-state index contributed by atoms with van der Waals surface area (Å²) in [5.74, 6) is 0.583. The van der Waals surface area contributed by atoms with Crippen LogP contribution in [0.15, 0.2) is 60.0 Å². The molecule has 1 aromatic carbocycles. The molecule has 0 spiro atoms. The molecule has 31 heavy (non-hydrogen) atoms. The van der Waals surface area contributed by atoms with E-state index in [2.05, 4.69) is 31.7 Å². The predicted molar refractivity (Wildman–Crippen MR) is 117 cm³/mol. The van der Waals surface area contributed by atoms with Crippen LogP contribution in [0, 0.1) is 0 Å². The second-order valence-corrected chi connectivity index (χ2v) is 9.43.